The number of benzene rings is 3. The number of urea groups is 1. The number of thioether (sulfide) groups is 1. The van der Waals surface area contributed by atoms with E-state index in [9.17, 15) is 9.59 Å². The van der Waals surface area contributed by atoms with Crippen LogP contribution >= 0.6 is 11.8 Å². The van der Waals surface area contributed by atoms with Crippen molar-refractivity contribution in [3.05, 3.63) is 83.6 Å². The molecule has 0 saturated carbocycles. The molecule has 184 valence electrons. The Kier molecular flexibility index (Phi) is 6.69. The molecule has 0 spiro atoms. The van der Waals surface area contributed by atoms with Gasteiger partial charge in [-0.05, 0) is 42.5 Å². The summed E-state index contributed by atoms with van der Waals surface area (Å²) in [5, 5.41) is 8.90. The van der Waals surface area contributed by atoms with Gasteiger partial charge < -0.3 is 20.4 Å². The fourth-order valence-electron chi connectivity index (χ4n) is 4.70. The number of carbonyl (C=O) groups excluding carboxylic acids is 2. The average molecular weight is 500 g/mol. The van der Waals surface area contributed by atoms with Crippen molar-refractivity contribution in [1.29, 1.82) is 0 Å². The summed E-state index contributed by atoms with van der Waals surface area (Å²) in [5.41, 5.74) is 3.88. The number of hydrogen-bond acceptors (Lipinski definition) is 5. The van der Waals surface area contributed by atoms with Gasteiger partial charge in [0.05, 0.1) is 23.0 Å². The van der Waals surface area contributed by atoms with Crippen molar-refractivity contribution in [3.8, 4) is 0 Å². The van der Waals surface area contributed by atoms with Crippen molar-refractivity contribution in [1.82, 2.24) is 9.80 Å². The van der Waals surface area contributed by atoms with Crippen molar-refractivity contribution in [3.63, 3.8) is 0 Å². The van der Waals surface area contributed by atoms with Gasteiger partial charge in [-0.3, -0.25) is 4.79 Å². The highest BCUT2D eigenvalue weighted by Crippen LogP contribution is 2.40. The van der Waals surface area contributed by atoms with Crippen LogP contribution in [0.15, 0.2) is 83.0 Å². The third kappa shape index (κ3) is 4.68. The van der Waals surface area contributed by atoms with Crippen LogP contribution in [0.2, 0.25) is 0 Å². The van der Waals surface area contributed by atoms with Crippen molar-refractivity contribution >= 4 is 51.0 Å². The Morgan fingerprint density at radius 1 is 1.00 bits per heavy atom. The molecule has 5 rings (SSSR count). The van der Waals surface area contributed by atoms with Gasteiger partial charge >= 0.3 is 6.03 Å². The number of aliphatic imine (C=N–C) groups is 1. The molecule has 2 aliphatic rings. The maximum atomic E-state index is 13.1. The fraction of sp³-hybridized carbons (Fsp3) is 0.250. The van der Waals surface area contributed by atoms with E-state index in [2.05, 4.69) is 15.5 Å². The number of nitrogens with one attached hydrogen (secondary N) is 2. The lowest BCUT2D eigenvalue weighted by Gasteiger charge is -2.41. The van der Waals surface area contributed by atoms with Gasteiger partial charge in [0.2, 0.25) is 0 Å². The van der Waals surface area contributed by atoms with Crippen LogP contribution in [0.4, 0.5) is 16.2 Å². The number of fused-ring (bicyclic) bond motifs is 2. The molecule has 1 unspecified atom stereocenters. The van der Waals surface area contributed by atoms with Gasteiger partial charge in [0.15, 0.2) is 5.17 Å². The second-order valence-corrected chi connectivity index (χ2v) is 10.2. The number of rotatable bonds is 4. The van der Waals surface area contributed by atoms with Gasteiger partial charge in [-0.15, -0.1) is 0 Å². The lowest BCUT2D eigenvalue weighted by Crippen LogP contribution is -2.43. The maximum Gasteiger partial charge on any atom is 0.323 e. The molecule has 36 heavy (non-hydrogen) atoms. The van der Waals surface area contributed by atoms with Crippen LogP contribution in [0.1, 0.15) is 24.9 Å². The first kappa shape index (κ1) is 23.9. The topological polar surface area (TPSA) is 77.0 Å². The summed E-state index contributed by atoms with van der Waals surface area (Å²) in [6, 6.07) is 21.0. The van der Waals surface area contributed by atoms with E-state index in [1.807, 2.05) is 73.7 Å². The van der Waals surface area contributed by atoms with Crippen LogP contribution < -0.4 is 10.6 Å². The molecule has 0 aliphatic carbocycles. The Balaban J connectivity index is 1.37. The van der Waals surface area contributed by atoms with Crippen LogP contribution in [0.25, 0.3) is 10.8 Å². The number of likely N-dealkylation sites (N-methyl/N-ethyl adjacent to an activating group) is 1. The molecule has 7 nitrogen and oxygen atoms in total. The third-order valence-electron chi connectivity index (χ3n) is 6.42. The number of hydrogen-bond donors (Lipinski definition) is 2. The van der Waals surface area contributed by atoms with E-state index in [1.54, 1.807) is 30.8 Å². The summed E-state index contributed by atoms with van der Waals surface area (Å²) in [6.45, 7) is 2.76. The highest BCUT2D eigenvalue weighted by atomic mass is 32.2. The van der Waals surface area contributed by atoms with Crippen molar-refractivity contribution in [2.45, 2.75) is 19.4 Å². The zero-order chi connectivity index (χ0) is 25.2. The third-order valence-corrected chi connectivity index (χ3v) is 7.49. The summed E-state index contributed by atoms with van der Waals surface area (Å²) in [5.74, 6) is 0.994. The van der Waals surface area contributed by atoms with E-state index in [1.165, 1.54) is 0 Å². The molecule has 3 aromatic carbocycles. The van der Waals surface area contributed by atoms with E-state index in [0.29, 0.717) is 11.3 Å². The minimum atomic E-state index is -0.308. The van der Waals surface area contributed by atoms with E-state index in [0.717, 1.165) is 51.6 Å². The quantitative estimate of drug-likeness (QED) is 0.483. The average Bonchev–Trinajstić information content (AvgIpc) is 2.88. The monoisotopic (exact) mass is 499 g/mol. The molecule has 2 aliphatic heterocycles. The van der Waals surface area contributed by atoms with Crippen LogP contribution in [0.3, 0.4) is 0 Å². The van der Waals surface area contributed by atoms with E-state index in [-0.39, 0.29) is 18.0 Å². The molecule has 1 fully saturated rings. The van der Waals surface area contributed by atoms with Crippen LogP contribution in [-0.4, -0.2) is 53.3 Å². The number of nitrogens with zero attached hydrogens (tertiary/aromatic N) is 3. The summed E-state index contributed by atoms with van der Waals surface area (Å²) >= 11 is 1.74. The Bertz CT molecular complexity index is 1370. The zero-order valence-electron chi connectivity index (χ0n) is 20.6. The van der Waals surface area contributed by atoms with Gasteiger partial charge in [-0.25, -0.2) is 9.79 Å². The molecule has 0 radical (unpaired) electrons. The molecule has 2 N–H and O–H groups in total. The van der Waals surface area contributed by atoms with Crippen molar-refractivity contribution < 1.29 is 9.59 Å². The molecule has 3 aromatic rings. The van der Waals surface area contributed by atoms with E-state index < -0.39 is 0 Å². The molecule has 1 atom stereocenters. The highest BCUT2D eigenvalue weighted by molar-refractivity contribution is 8.13. The zero-order valence-corrected chi connectivity index (χ0v) is 21.4. The Hall–Kier alpha value is -3.78. The molecular formula is C28H29N5O2S. The molecule has 8 heteroatoms. The first-order valence-electron chi connectivity index (χ1n) is 12.0. The standard InChI is InChI=1S/C28H29N5O2S/c1-18-24(26(34)32(2)3)25(33-16-7-17-36-28(33)29-18)20-12-14-21(15-13-20)30-27(35)31-23-11-6-9-19-8-4-5-10-22(19)23/h4-6,8-15,25H,7,16-17H2,1-3H3,(H2,30,31,35). The van der Waals surface area contributed by atoms with Crippen molar-refractivity contribution in [2.24, 2.45) is 4.99 Å². The summed E-state index contributed by atoms with van der Waals surface area (Å²) in [7, 11) is 3.54. The first-order valence-corrected chi connectivity index (χ1v) is 13.0. The lowest BCUT2D eigenvalue weighted by molar-refractivity contribution is -0.125. The predicted molar refractivity (Wildman–Crippen MR) is 148 cm³/mol. The normalized spacial score (nSPS) is 17.4. The molecule has 0 aromatic heterocycles. The number of anilines is 2. The van der Waals surface area contributed by atoms with Gasteiger partial charge in [-0.1, -0.05) is 60.3 Å². The molecular weight excluding hydrogens is 470 g/mol. The maximum absolute atomic E-state index is 13.1. The second kappa shape index (κ2) is 10.1. The highest BCUT2D eigenvalue weighted by Gasteiger charge is 2.37. The Morgan fingerprint density at radius 3 is 2.53 bits per heavy atom. The largest absolute Gasteiger partial charge is 0.345 e. The molecule has 1 saturated heterocycles. The molecule has 0 bridgehead atoms. The summed E-state index contributed by atoms with van der Waals surface area (Å²) in [6.07, 6.45) is 1.04. The van der Waals surface area contributed by atoms with Gasteiger partial charge in [0, 0.05) is 37.5 Å². The van der Waals surface area contributed by atoms with Gasteiger partial charge in [-0.2, -0.15) is 0 Å². The predicted octanol–water partition coefficient (Wildman–Crippen LogP) is 5.70. The van der Waals surface area contributed by atoms with Crippen LogP contribution in [-0.2, 0) is 4.79 Å². The van der Waals surface area contributed by atoms with E-state index >= 15 is 0 Å². The minimum Gasteiger partial charge on any atom is -0.345 e. The Labute approximate surface area is 215 Å². The van der Waals surface area contributed by atoms with Gasteiger partial charge in [0.1, 0.15) is 0 Å². The van der Waals surface area contributed by atoms with Gasteiger partial charge in [0.25, 0.3) is 5.91 Å². The summed E-state index contributed by atoms with van der Waals surface area (Å²) in [4.78, 5) is 34.5. The fourth-order valence-corrected chi connectivity index (χ4v) is 5.72. The summed E-state index contributed by atoms with van der Waals surface area (Å²) < 4.78 is 0. The number of carbonyl (C=O) groups is 2. The smallest absolute Gasteiger partial charge is 0.323 e. The first-order chi connectivity index (χ1) is 17.4. The van der Waals surface area contributed by atoms with Crippen molar-refractivity contribution in [2.75, 3.05) is 37.0 Å². The number of amides is 3. The molecule has 2 heterocycles. The minimum absolute atomic E-state index is 0.0347. The van der Waals surface area contributed by atoms with Crippen LogP contribution in [0, 0.1) is 0 Å². The molecule has 3 amide bonds. The van der Waals surface area contributed by atoms with Crippen LogP contribution in [0.5, 0.6) is 0 Å². The number of amidine groups is 1. The number of allylic oxidation sites excluding steroid dienone is 1. The SMILES string of the molecule is CC1=C(C(=O)N(C)C)C(c2ccc(NC(=O)Nc3cccc4ccccc34)cc2)N2CCCSC2=N1. The lowest BCUT2D eigenvalue weighted by atomic mass is 9.93. The van der Waals surface area contributed by atoms with E-state index in [4.69, 9.17) is 4.99 Å². The Morgan fingerprint density at radius 2 is 1.75 bits per heavy atom. The second-order valence-electron chi connectivity index (χ2n) is 9.12.